The number of carbonyl (C=O) groups excluding carboxylic acids is 1. The molecule has 0 bridgehead atoms. The lowest BCUT2D eigenvalue weighted by molar-refractivity contribution is -0.0273. The summed E-state index contributed by atoms with van der Waals surface area (Å²) < 4.78 is 65.7. The van der Waals surface area contributed by atoms with Gasteiger partial charge in [0.2, 0.25) is 0 Å². The van der Waals surface area contributed by atoms with E-state index in [2.05, 4.69) is 36.2 Å². The van der Waals surface area contributed by atoms with Crippen LogP contribution >= 0.6 is 0 Å². The van der Waals surface area contributed by atoms with E-state index >= 15 is 0 Å². The third kappa shape index (κ3) is 22.4. The van der Waals surface area contributed by atoms with Crippen molar-refractivity contribution in [2.24, 2.45) is 0 Å². The maximum absolute atomic E-state index is 12.3. The van der Waals surface area contributed by atoms with E-state index in [-0.39, 0.29) is 5.92 Å². The summed E-state index contributed by atoms with van der Waals surface area (Å²) in [7, 11) is 0. The SMILES string of the molecule is C=CCOCCOCCOCCOCCOCCOCCOCCOCCOCCOCCOCCCNC(=O)OCC1c2ccccc2-c2ccccc21. The Balaban J connectivity index is 0.942. The van der Waals surface area contributed by atoms with Crippen molar-refractivity contribution in [2.75, 3.05) is 159 Å². The summed E-state index contributed by atoms with van der Waals surface area (Å²) in [6.07, 6.45) is 1.98. The molecule has 0 aromatic heterocycles. The van der Waals surface area contributed by atoms with Crippen molar-refractivity contribution in [2.45, 2.75) is 12.3 Å². The minimum absolute atomic E-state index is 0.0491. The molecule has 1 aliphatic rings. The van der Waals surface area contributed by atoms with Crippen molar-refractivity contribution in [3.05, 3.63) is 72.3 Å². The predicted octanol–water partition coefficient (Wildman–Crippen LogP) is 4.28. The number of amides is 1. The summed E-state index contributed by atoms with van der Waals surface area (Å²) in [6.45, 7) is 15.5. The van der Waals surface area contributed by atoms with Gasteiger partial charge < -0.3 is 62.2 Å². The van der Waals surface area contributed by atoms with Crippen LogP contribution in [0.4, 0.5) is 4.79 Å². The summed E-state index contributed by atoms with van der Waals surface area (Å²) in [5.74, 6) is 0.0491. The number of ether oxygens (including phenoxy) is 12. The van der Waals surface area contributed by atoms with Gasteiger partial charge in [0.05, 0.1) is 139 Å². The fourth-order valence-electron chi connectivity index (χ4n) is 5.38. The van der Waals surface area contributed by atoms with Gasteiger partial charge in [0.25, 0.3) is 0 Å². The van der Waals surface area contributed by atoms with E-state index in [1.165, 1.54) is 22.3 Å². The minimum Gasteiger partial charge on any atom is -0.449 e. The predicted molar refractivity (Wildman–Crippen MR) is 207 cm³/mol. The van der Waals surface area contributed by atoms with Gasteiger partial charge in [0.15, 0.2) is 0 Å². The molecule has 0 radical (unpaired) electrons. The van der Waals surface area contributed by atoms with Crippen molar-refractivity contribution in [1.82, 2.24) is 5.32 Å². The highest BCUT2D eigenvalue weighted by molar-refractivity contribution is 5.79. The Bertz CT molecular complexity index is 1190. The summed E-state index contributed by atoms with van der Waals surface area (Å²) in [6, 6.07) is 16.6. The van der Waals surface area contributed by atoms with Crippen LogP contribution < -0.4 is 5.32 Å². The average Bonchev–Trinajstić information content (AvgIpc) is 3.53. The van der Waals surface area contributed by atoms with Gasteiger partial charge in [-0.15, -0.1) is 6.58 Å². The van der Waals surface area contributed by atoms with Crippen LogP contribution in [0, 0.1) is 0 Å². The molecule has 0 atom stereocenters. The molecule has 0 fully saturated rings. The molecule has 0 heterocycles. The summed E-state index contributed by atoms with van der Waals surface area (Å²) in [4.78, 5) is 12.3. The van der Waals surface area contributed by atoms with Crippen LogP contribution in [0.3, 0.4) is 0 Å². The first-order valence-electron chi connectivity index (χ1n) is 19.4. The lowest BCUT2D eigenvalue weighted by atomic mass is 9.98. The molecule has 0 unspecified atom stereocenters. The van der Waals surface area contributed by atoms with Crippen LogP contribution in [-0.2, 0) is 56.8 Å². The van der Waals surface area contributed by atoms with E-state index in [0.29, 0.717) is 165 Å². The van der Waals surface area contributed by atoms with Crippen molar-refractivity contribution >= 4 is 6.09 Å². The lowest BCUT2D eigenvalue weighted by Gasteiger charge is -2.14. The van der Waals surface area contributed by atoms with Gasteiger partial charge in [0, 0.05) is 19.1 Å². The monoisotopic (exact) mass is 777 g/mol. The molecule has 2 aromatic carbocycles. The molecule has 55 heavy (non-hydrogen) atoms. The Morgan fingerprint density at radius 2 is 0.818 bits per heavy atom. The number of fused-ring (bicyclic) bond motifs is 3. The Morgan fingerprint density at radius 3 is 1.18 bits per heavy atom. The molecule has 0 aliphatic heterocycles. The first kappa shape index (κ1) is 46.4. The maximum Gasteiger partial charge on any atom is 0.407 e. The first-order valence-corrected chi connectivity index (χ1v) is 19.4. The summed E-state index contributed by atoms with van der Waals surface area (Å²) in [5.41, 5.74) is 4.81. The number of benzene rings is 2. The zero-order valence-electron chi connectivity index (χ0n) is 32.5. The molecule has 310 valence electrons. The van der Waals surface area contributed by atoms with Gasteiger partial charge in [-0.05, 0) is 28.7 Å². The number of hydrogen-bond donors (Lipinski definition) is 1. The number of alkyl carbamates (subject to hydrolysis) is 1. The standard InChI is InChI=1S/C41H63NO13/c1-2-13-44-15-17-46-19-21-48-23-25-50-27-29-52-31-33-54-34-32-53-30-28-51-26-24-49-22-20-47-18-16-45-14-7-12-42-41(43)55-35-40-38-10-5-3-8-36(38)37-9-4-6-11-39(37)40/h2-6,8-11,40H,1,7,12-35H2,(H,42,43). The molecule has 14 heteroatoms. The third-order valence-corrected chi connectivity index (χ3v) is 8.03. The Kier molecular flexibility index (Phi) is 28.0. The van der Waals surface area contributed by atoms with Crippen molar-refractivity contribution in [3.63, 3.8) is 0 Å². The molecule has 1 amide bonds. The highest BCUT2D eigenvalue weighted by Crippen LogP contribution is 2.44. The van der Waals surface area contributed by atoms with Crippen LogP contribution in [0.5, 0.6) is 0 Å². The Hall–Kier alpha value is -2.99. The van der Waals surface area contributed by atoms with Crippen LogP contribution in [0.2, 0.25) is 0 Å². The van der Waals surface area contributed by atoms with Gasteiger partial charge in [-0.1, -0.05) is 54.6 Å². The molecule has 0 spiro atoms. The van der Waals surface area contributed by atoms with Gasteiger partial charge in [0.1, 0.15) is 6.61 Å². The molecule has 2 aromatic rings. The van der Waals surface area contributed by atoms with Crippen LogP contribution in [0.25, 0.3) is 11.1 Å². The number of nitrogens with one attached hydrogen (secondary N) is 1. The molecular formula is C41H63NO13. The van der Waals surface area contributed by atoms with Crippen molar-refractivity contribution in [1.29, 1.82) is 0 Å². The fourth-order valence-corrected chi connectivity index (χ4v) is 5.38. The summed E-state index contributed by atoms with van der Waals surface area (Å²) >= 11 is 0. The van der Waals surface area contributed by atoms with E-state index in [9.17, 15) is 4.79 Å². The van der Waals surface area contributed by atoms with Gasteiger partial charge in [-0.2, -0.15) is 0 Å². The Labute approximate surface area is 326 Å². The molecule has 0 saturated heterocycles. The maximum atomic E-state index is 12.3. The van der Waals surface area contributed by atoms with Gasteiger partial charge in [-0.3, -0.25) is 0 Å². The number of carbonyl (C=O) groups is 1. The molecule has 3 rings (SSSR count). The van der Waals surface area contributed by atoms with E-state index in [4.69, 9.17) is 56.8 Å². The second-order valence-electron chi connectivity index (χ2n) is 12.1. The topological polar surface area (TPSA) is 140 Å². The van der Waals surface area contributed by atoms with E-state index in [0.717, 1.165) is 0 Å². The smallest absolute Gasteiger partial charge is 0.407 e. The van der Waals surface area contributed by atoms with E-state index in [1.807, 2.05) is 24.3 Å². The highest BCUT2D eigenvalue weighted by Gasteiger charge is 2.28. The van der Waals surface area contributed by atoms with Crippen LogP contribution in [0.15, 0.2) is 61.2 Å². The molecule has 14 nitrogen and oxygen atoms in total. The number of rotatable bonds is 38. The van der Waals surface area contributed by atoms with E-state index in [1.54, 1.807) is 6.08 Å². The van der Waals surface area contributed by atoms with Crippen LogP contribution in [-0.4, -0.2) is 165 Å². The van der Waals surface area contributed by atoms with Gasteiger partial charge >= 0.3 is 6.09 Å². The zero-order chi connectivity index (χ0) is 38.7. The molecule has 0 saturated carbocycles. The zero-order valence-corrected chi connectivity index (χ0v) is 32.5. The van der Waals surface area contributed by atoms with E-state index < -0.39 is 6.09 Å². The average molecular weight is 778 g/mol. The summed E-state index contributed by atoms with van der Waals surface area (Å²) in [5, 5.41) is 2.81. The normalized spacial score (nSPS) is 12.1. The van der Waals surface area contributed by atoms with Crippen LogP contribution in [0.1, 0.15) is 23.5 Å². The second kappa shape index (κ2) is 33.2. The third-order valence-electron chi connectivity index (χ3n) is 8.03. The Morgan fingerprint density at radius 1 is 0.491 bits per heavy atom. The van der Waals surface area contributed by atoms with Crippen molar-refractivity contribution in [3.8, 4) is 11.1 Å². The molecular weight excluding hydrogens is 714 g/mol. The minimum atomic E-state index is -0.415. The van der Waals surface area contributed by atoms with Gasteiger partial charge in [-0.25, -0.2) is 4.79 Å². The highest BCUT2D eigenvalue weighted by atomic mass is 16.6. The lowest BCUT2D eigenvalue weighted by Crippen LogP contribution is -2.27. The molecule has 1 aliphatic carbocycles. The fraction of sp³-hybridized carbons (Fsp3) is 0.634. The largest absolute Gasteiger partial charge is 0.449 e. The first-order chi connectivity index (χ1) is 27.3. The molecule has 1 N–H and O–H groups in total. The quantitative estimate of drug-likeness (QED) is 0.0768. The second-order valence-corrected chi connectivity index (χ2v) is 12.1. The number of hydrogen-bond acceptors (Lipinski definition) is 13. The van der Waals surface area contributed by atoms with Crippen molar-refractivity contribution < 1.29 is 61.6 Å².